The average molecular weight is 455 g/mol. The number of pyridine rings is 1. The fraction of sp³-hybridized carbons (Fsp3) is 0.381. The van der Waals surface area contributed by atoms with Crippen molar-refractivity contribution in [3.8, 4) is 6.07 Å². The Hall–Kier alpha value is -2.86. The molecule has 0 saturated carbocycles. The number of amides is 1. The molecular weight excluding hydrogens is 436 g/mol. The zero-order chi connectivity index (χ0) is 23.1. The standard InChI is InChI=1S/C21H19ClF4N4O/c1-11-8-15(21(24,25)26)14(10-27)19(28-11)30-12(2)4-7-18(30)20(31)29(3)13-5-6-17(23)16(22)9-13/h5-6,8-9,12,18H,4,7H2,1-3H3/t12-,18-/m0/s1. The van der Waals surface area contributed by atoms with Gasteiger partial charge in [-0.15, -0.1) is 0 Å². The molecule has 2 aromatic rings. The molecule has 2 atom stereocenters. The molecule has 1 aliphatic heterocycles. The van der Waals surface area contributed by atoms with Crippen LogP contribution in [0.1, 0.15) is 36.6 Å². The molecule has 0 unspecified atom stereocenters. The van der Waals surface area contributed by atoms with Gasteiger partial charge in [-0.25, -0.2) is 9.37 Å². The normalized spacial score (nSPS) is 18.7. The van der Waals surface area contributed by atoms with E-state index in [1.54, 1.807) is 13.0 Å². The zero-order valence-electron chi connectivity index (χ0n) is 17.0. The average Bonchev–Trinajstić information content (AvgIpc) is 3.08. The minimum Gasteiger partial charge on any atom is -0.341 e. The Morgan fingerprint density at radius 1 is 1.32 bits per heavy atom. The molecule has 164 valence electrons. The van der Waals surface area contributed by atoms with Crippen LogP contribution in [0.2, 0.25) is 5.02 Å². The summed E-state index contributed by atoms with van der Waals surface area (Å²) in [4.78, 5) is 20.2. The molecule has 1 aliphatic rings. The third-order valence-corrected chi connectivity index (χ3v) is 5.65. The number of rotatable bonds is 3. The van der Waals surface area contributed by atoms with Crippen LogP contribution >= 0.6 is 11.6 Å². The van der Waals surface area contributed by atoms with Gasteiger partial charge >= 0.3 is 6.18 Å². The van der Waals surface area contributed by atoms with E-state index in [4.69, 9.17) is 11.6 Å². The number of anilines is 2. The van der Waals surface area contributed by atoms with Gasteiger partial charge in [0.15, 0.2) is 0 Å². The fourth-order valence-corrected chi connectivity index (χ4v) is 3.98. The van der Waals surface area contributed by atoms with Gasteiger partial charge < -0.3 is 9.80 Å². The molecule has 3 rings (SSSR count). The van der Waals surface area contributed by atoms with Crippen LogP contribution in [0.25, 0.3) is 0 Å². The Morgan fingerprint density at radius 3 is 2.58 bits per heavy atom. The van der Waals surface area contributed by atoms with Crippen molar-refractivity contribution >= 4 is 29.0 Å². The molecule has 31 heavy (non-hydrogen) atoms. The van der Waals surface area contributed by atoms with Crippen molar-refractivity contribution in [2.45, 2.75) is 44.9 Å². The first kappa shape index (κ1) is 22.8. The Kier molecular flexibility index (Phi) is 6.14. The van der Waals surface area contributed by atoms with Crippen LogP contribution in [0.3, 0.4) is 0 Å². The first-order chi connectivity index (χ1) is 14.5. The number of halogens is 5. The lowest BCUT2D eigenvalue weighted by Crippen LogP contribution is -2.47. The highest BCUT2D eigenvalue weighted by molar-refractivity contribution is 6.31. The molecule has 1 amide bonds. The van der Waals surface area contributed by atoms with Crippen molar-refractivity contribution in [3.63, 3.8) is 0 Å². The number of alkyl halides is 3. The van der Waals surface area contributed by atoms with Crippen molar-refractivity contribution in [2.75, 3.05) is 16.8 Å². The van der Waals surface area contributed by atoms with E-state index in [9.17, 15) is 27.6 Å². The summed E-state index contributed by atoms with van der Waals surface area (Å²) in [6, 6.07) is 5.10. The lowest BCUT2D eigenvalue weighted by Gasteiger charge is -2.33. The van der Waals surface area contributed by atoms with Gasteiger partial charge in [0.05, 0.1) is 10.6 Å². The summed E-state index contributed by atoms with van der Waals surface area (Å²) >= 11 is 5.81. The predicted molar refractivity (Wildman–Crippen MR) is 108 cm³/mol. The molecule has 0 bridgehead atoms. The number of hydrogen-bond acceptors (Lipinski definition) is 4. The summed E-state index contributed by atoms with van der Waals surface area (Å²) in [5, 5.41) is 9.35. The Morgan fingerprint density at radius 2 is 2.00 bits per heavy atom. The number of aryl methyl sites for hydroxylation is 1. The number of likely N-dealkylation sites (N-methyl/N-ethyl adjacent to an activating group) is 1. The Balaban J connectivity index is 2.05. The van der Waals surface area contributed by atoms with Gasteiger partial charge in [-0.1, -0.05) is 11.6 Å². The van der Waals surface area contributed by atoms with Gasteiger partial charge in [0, 0.05) is 24.5 Å². The highest BCUT2D eigenvalue weighted by atomic mass is 35.5. The number of carbonyl (C=O) groups is 1. The number of aromatic nitrogens is 1. The molecule has 1 aromatic heterocycles. The van der Waals surface area contributed by atoms with E-state index in [1.165, 1.54) is 35.9 Å². The van der Waals surface area contributed by atoms with E-state index in [1.807, 2.05) is 0 Å². The van der Waals surface area contributed by atoms with Gasteiger partial charge in [0.25, 0.3) is 0 Å². The van der Waals surface area contributed by atoms with Crippen molar-refractivity contribution in [2.24, 2.45) is 0 Å². The molecule has 0 spiro atoms. The van der Waals surface area contributed by atoms with Crippen LogP contribution in [0.5, 0.6) is 0 Å². The summed E-state index contributed by atoms with van der Waals surface area (Å²) in [5.74, 6) is -1.22. The minimum atomic E-state index is -4.74. The van der Waals surface area contributed by atoms with E-state index in [0.29, 0.717) is 18.5 Å². The van der Waals surface area contributed by atoms with Crippen LogP contribution < -0.4 is 9.80 Å². The summed E-state index contributed by atoms with van der Waals surface area (Å²) in [6.45, 7) is 3.17. The first-order valence-electron chi connectivity index (χ1n) is 9.45. The second-order valence-electron chi connectivity index (χ2n) is 7.46. The highest BCUT2D eigenvalue weighted by Crippen LogP contribution is 2.39. The molecule has 1 fully saturated rings. The molecule has 1 saturated heterocycles. The topological polar surface area (TPSA) is 60.2 Å². The lowest BCUT2D eigenvalue weighted by molar-refractivity contribution is -0.137. The lowest BCUT2D eigenvalue weighted by atomic mass is 10.1. The van der Waals surface area contributed by atoms with E-state index in [0.717, 1.165) is 12.1 Å². The zero-order valence-corrected chi connectivity index (χ0v) is 17.7. The summed E-state index contributed by atoms with van der Waals surface area (Å²) in [5.41, 5.74) is -1.27. The molecule has 5 nitrogen and oxygen atoms in total. The number of benzene rings is 1. The molecule has 0 aliphatic carbocycles. The van der Waals surface area contributed by atoms with Crippen LogP contribution in [0.4, 0.5) is 29.1 Å². The molecule has 0 radical (unpaired) electrons. The molecular formula is C21H19ClF4N4O. The number of hydrogen-bond donors (Lipinski definition) is 0. The van der Waals surface area contributed by atoms with E-state index in [-0.39, 0.29) is 22.6 Å². The van der Waals surface area contributed by atoms with Gasteiger partial charge in [0.2, 0.25) is 5.91 Å². The van der Waals surface area contributed by atoms with Crippen LogP contribution in [-0.4, -0.2) is 30.0 Å². The largest absolute Gasteiger partial charge is 0.417 e. The highest BCUT2D eigenvalue weighted by Gasteiger charge is 2.42. The third kappa shape index (κ3) is 4.30. The second kappa shape index (κ2) is 8.35. The smallest absolute Gasteiger partial charge is 0.341 e. The summed E-state index contributed by atoms with van der Waals surface area (Å²) in [6.07, 6.45) is -3.85. The summed E-state index contributed by atoms with van der Waals surface area (Å²) in [7, 11) is 1.48. The molecule has 2 heterocycles. The third-order valence-electron chi connectivity index (χ3n) is 5.36. The van der Waals surface area contributed by atoms with Crippen LogP contribution in [0, 0.1) is 24.1 Å². The van der Waals surface area contributed by atoms with E-state index < -0.39 is 35.1 Å². The summed E-state index contributed by atoms with van der Waals surface area (Å²) < 4.78 is 54.1. The quantitative estimate of drug-likeness (QED) is 0.606. The second-order valence-corrected chi connectivity index (χ2v) is 7.87. The van der Waals surface area contributed by atoms with E-state index >= 15 is 0 Å². The van der Waals surface area contributed by atoms with Gasteiger partial charge in [-0.05, 0) is 51.0 Å². The van der Waals surface area contributed by atoms with Gasteiger partial charge in [0.1, 0.15) is 29.3 Å². The maximum Gasteiger partial charge on any atom is 0.417 e. The Bertz CT molecular complexity index is 1070. The van der Waals surface area contributed by atoms with Crippen molar-refractivity contribution in [1.82, 2.24) is 4.98 Å². The first-order valence-corrected chi connectivity index (χ1v) is 9.83. The molecule has 0 N–H and O–H groups in total. The number of nitriles is 1. The maximum atomic E-state index is 13.5. The van der Waals surface area contributed by atoms with Crippen LogP contribution in [-0.2, 0) is 11.0 Å². The monoisotopic (exact) mass is 454 g/mol. The minimum absolute atomic E-state index is 0.0882. The maximum absolute atomic E-state index is 13.5. The van der Waals surface area contributed by atoms with E-state index in [2.05, 4.69) is 4.98 Å². The molecule has 1 aromatic carbocycles. The SMILES string of the molecule is Cc1cc(C(F)(F)F)c(C#N)c(N2[C@@H](C)CC[C@H]2C(=O)N(C)c2ccc(F)c(Cl)c2)n1. The fourth-order valence-electron chi connectivity index (χ4n) is 3.81. The van der Waals surface area contributed by atoms with Crippen LogP contribution in [0.15, 0.2) is 24.3 Å². The number of nitrogens with zero attached hydrogens (tertiary/aromatic N) is 4. The number of carbonyl (C=O) groups excluding carboxylic acids is 1. The van der Waals surface area contributed by atoms with Crippen molar-refractivity contribution < 1.29 is 22.4 Å². The molecule has 10 heteroatoms. The van der Waals surface area contributed by atoms with Crippen molar-refractivity contribution in [3.05, 3.63) is 51.9 Å². The predicted octanol–water partition coefficient (Wildman–Crippen LogP) is 5.09. The Labute approximate surface area is 181 Å². The van der Waals surface area contributed by atoms with Gasteiger partial charge in [-0.2, -0.15) is 18.4 Å². The van der Waals surface area contributed by atoms with Crippen molar-refractivity contribution in [1.29, 1.82) is 5.26 Å². The van der Waals surface area contributed by atoms with Gasteiger partial charge in [-0.3, -0.25) is 4.79 Å².